The normalized spacial score (nSPS) is 12.4. The Morgan fingerprint density at radius 3 is 2.70 bits per heavy atom. The zero-order chi connectivity index (χ0) is 14.5. The highest BCUT2D eigenvalue weighted by Gasteiger charge is 2.21. The SMILES string of the molecule is CCNC(c1cc(C)ccc1OC)c1sccc1CC. The fraction of sp³-hybridized carbons (Fsp3) is 0.412. The molecule has 0 saturated carbocycles. The quantitative estimate of drug-likeness (QED) is 0.855. The molecule has 1 heterocycles. The van der Waals surface area contributed by atoms with Crippen LogP contribution < -0.4 is 10.1 Å². The van der Waals surface area contributed by atoms with Crippen LogP contribution >= 0.6 is 11.3 Å². The van der Waals surface area contributed by atoms with Crippen molar-refractivity contribution in [1.29, 1.82) is 0 Å². The average Bonchev–Trinajstić information content (AvgIpc) is 2.93. The number of ether oxygens (including phenoxy) is 1. The van der Waals surface area contributed by atoms with Gasteiger partial charge in [-0.05, 0) is 43.0 Å². The monoisotopic (exact) mass is 289 g/mol. The van der Waals surface area contributed by atoms with Gasteiger partial charge < -0.3 is 10.1 Å². The summed E-state index contributed by atoms with van der Waals surface area (Å²) in [5.74, 6) is 0.956. The van der Waals surface area contributed by atoms with Crippen LogP contribution in [0.25, 0.3) is 0 Å². The zero-order valence-electron chi connectivity index (χ0n) is 12.7. The van der Waals surface area contributed by atoms with Crippen LogP contribution in [0.4, 0.5) is 0 Å². The lowest BCUT2D eigenvalue weighted by Gasteiger charge is -2.21. The van der Waals surface area contributed by atoms with Gasteiger partial charge in [-0.3, -0.25) is 0 Å². The molecule has 20 heavy (non-hydrogen) atoms. The highest BCUT2D eigenvalue weighted by molar-refractivity contribution is 7.10. The fourth-order valence-electron chi connectivity index (χ4n) is 2.52. The van der Waals surface area contributed by atoms with E-state index in [1.165, 1.54) is 21.6 Å². The van der Waals surface area contributed by atoms with Crippen LogP contribution in [0.3, 0.4) is 0 Å². The molecule has 2 rings (SSSR count). The Morgan fingerprint density at radius 1 is 1.25 bits per heavy atom. The minimum Gasteiger partial charge on any atom is -0.496 e. The third-order valence-corrected chi connectivity index (χ3v) is 4.55. The van der Waals surface area contributed by atoms with Gasteiger partial charge in [0.05, 0.1) is 13.2 Å². The standard InChI is InChI=1S/C17H23NOS/c1-5-13-9-10-20-17(13)16(18-6-2)14-11-12(3)7-8-15(14)19-4/h7-11,16,18H,5-6H2,1-4H3. The molecular weight excluding hydrogens is 266 g/mol. The predicted molar refractivity (Wildman–Crippen MR) is 86.9 cm³/mol. The molecule has 0 bridgehead atoms. The molecule has 0 aliphatic heterocycles. The first-order valence-electron chi connectivity index (χ1n) is 7.15. The van der Waals surface area contributed by atoms with Crippen LogP contribution in [0.5, 0.6) is 5.75 Å². The molecule has 1 aromatic carbocycles. The van der Waals surface area contributed by atoms with Crippen molar-refractivity contribution in [3.8, 4) is 5.75 Å². The number of hydrogen-bond donors (Lipinski definition) is 1. The Bertz CT molecular complexity index is 562. The van der Waals surface area contributed by atoms with Crippen molar-refractivity contribution >= 4 is 11.3 Å². The zero-order valence-corrected chi connectivity index (χ0v) is 13.5. The van der Waals surface area contributed by atoms with E-state index in [-0.39, 0.29) is 6.04 Å². The predicted octanol–water partition coefficient (Wildman–Crippen LogP) is 4.33. The van der Waals surface area contributed by atoms with Gasteiger partial charge >= 0.3 is 0 Å². The van der Waals surface area contributed by atoms with Gasteiger partial charge in [0, 0.05) is 10.4 Å². The van der Waals surface area contributed by atoms with Crippen molar-refractivity contribution in [3.63, 3.8) is 0 Å². The van der Waals surface area contributed by atoms with Crippen LogP contribution in [-0.4, -0.2) is 13.7 Å². The number of thiophene rings is 1. The van der Waals surface area contributed by atoms with E-state index in [2.05, 4.69) is 55.7 Å². The van der Waals surface area contributed by atoms with Crippen molar-refractivity contribution in [2.75, 3.05) is 13.7 Å². The highest BCUT2D eigenvalue weighted by Crippen LogP contribution is 2.35. The van der Waals surface area contributed by atoms with Crippen molar-refractivity contribution in [3.05, 3.63) is 51.2 Å². The highest BCUT2D eigenvalue weighted by atomic mass is 32.1. The molecule has 0 saturated heterocycles. The Kier molecular flexibility index (Phi) is 5.21. The molecular formula is C17H23NOS. The second-order valence-electron chi connectivity index (χ2n) is 4.90. The molecule has 0 amide bonds. The second-order valence-corrected chi connectivity index (χ2v) is 5.85. The second kappa shape index (κ2) is 6.91. The van der Waals surface area contributed by atoms with E-state index in [9.17, 15) is 0 Å². The molecule has 1 aromatic heterocycles. The Hall–Kier alpha value is -1.32. The molecule has 1 atom stereocenters. The summed E-state index contributed by atoms with van der Waals surface area (Å²) in [5.41, 5.74) is 3.91. The third-order valence-electron chi connectivity index (χ3n) is 3.53. The Balaban J connectivity index is 2.50. The van der Waals surface area contributed by atoms with E-state index >= 15 is 0 Å². The van der Waals surface area contributed by atoms with Gasteiger partial charge in [0.2, 0.25) is 0 Å². The summed E-state index contributed by atoms with van der Waals surface area (Å²) in [7, 11) is 1.74. The Morgan fingerprint density at radius 2 is 2.05 bits per heavy atom. The minimum atomic E-state index is 0.213. The van der Waals surface area contributed by atoms with Gasteiger partial charge in [-0.1, -0.05) is 31.5 Å². The van der Waals surface area contributed by atoms with Crippen LogP contribution in [0, 0.1) is 6.92 Å². The lowest BCUT2D eigenvalue weighted by molar-refractivity contribution is 0.404. The molecule has 1 unspecified atom stereocenters. The maximum absolute atomic E-state index is 5.56. The van der Waals surface area contributed by atoms with Gasteiger partial charge in [0.25, 0.3) is 0 Å². The topological polar surface area (TPSA) is 21.3 Å². The number of benzene rings is 1. The molecule has 0 spiro atoms. The lowest BCUT2D eigenvalue weighted by Crippen LogP contribution is -2.22. The first kappa shape index (κ1) is 15.1. The third kappa shape index (κ3) is 3.05. The smallest absolute Gasteiger partial charge is 0.124 e. The van der Waals surface area contributed by atoms with Gasteiger partial charge in [-0.25, -0.2) is 0 Å². The number of hydrogen-bond acceptors (Lipinski definition) is 3. The van der Waals surface area contributed by atoms with E-state index in [1.807, 2.05) is 11.3 Å². The fourth-order valence-corrected chi connectivity index (χ4v) is 3.61. The molecule has 0 aliphatic rings. The molecule has 2 nitrogen and oxygen atoms in total. The van der Waals surface area contributed by atoms with E-state index in [0.717, 1.165) is 18.7 Å². The molecule has 2 aromatic rings. The molecule has 0 radical (unpaired) electrons. The van der Waals surface area contributed by atoms with Crippen LogP contribution in [0.15, 0.2) is 29.6 Å². The van der Waals surface area contributed by atoms with Crippen LogP contribution in [0.2, 0.25) is 0 Å². The van der Waals surface area contributed by atoms with E-state index in [0.29, 0.717) is 0 Å². The van der Waals surface area contributed by atoms with Crippen molar-refractivity contribution in [2.24, 2.45) is 0 Å². The summed E-state index contributed by atoms with van der Waals surface area (Å²) in [6.07, 6.45) is 1.06. The number of aryl methyl sites for hydroxylation is 2. The summed E-state index contributed by atoms with van der Waals surface area (Å²) in [6.45, 7) is 7.42. The van der Waals surface area contributed by atoms with Crippen LogP contribution in [-0.2, 0) is 6.42 Å². The largest absolute Gasteiger partial charge is 0.496 e. The lowest BCUT2D eigenvalue weighted by atomic mass is 9.98. The van der Waals surface area contributed by atoms with Crippen molar-refractivity contribution in [2.45, 2.75) is 33.2 Å². The molecule has 0 aliphatic carbocycles. The van der Waals surface area contributed by atoms with Gasteiger partial charge in [-0.2, -0.15) is 0 Å². The summed E-state index contributed by atoms with van der Waals surface area (Å²) >= 11 is 1.82. The maximum Gasteiger partial charge on any atom is 0.124 e. The number of nitrogens with one attached hydrogen (secondary N) is 1. The van der Waals surface area contributed by atoms with Gasteiger partial charge in [-0.15, -0.1) is 11.3 Å². The van der Waals surface area contributed by atoms with Crippen LogP contribution in [0.1, 0.15) is 41.5 Å². The van der Waals surface area contributed by atoms with Gasteiger partial charge in [0.15, 0.2) is 0 Å². The van der Waals surface area contributed by atoms with Gasteiger partial charge in [0.1, 0.15) is 5.75 Å². The number of rotatable bonds is 6. The first-order valence-corrected chi connectivity index (χ1v) is 8.03. The first-order chi connectivity index (χ1) is 9.71. The molecule has 108 valence electrons. The summed E-state index contributed by atoms with van der Waals surface area (Å²) in [4.78, 5) is 1.40. The van der Waals surface area contributed by atoms with E-state index in [4.69, 9.17) is 4.74 Å². The number of methoxy groups -OCH3 is 1. The van der Waals surface area contributed by atoms with Crippen molar-refractivity contribution in [1.82, 2.24) is 5.32 Å². The summed E-state index contributed by atoms with van der Waals surface area (Å²) < 4.78 is 5.56. The molecule has 0 fully saturated rings. The minimum absolute atomic E-state index is 0.213. The summed E-state index contributed by atoms with van der Waals surface area (Å²) in [6, 6.07) is 8.83. The average molecular weight is 289 g/mol. The maximum atomic E-state index is 5.56. The van der Waals surface area contributed by atoms with Crippen molar-refractivity contribution < 1.29 is 4.74 Å². The Labute approximate surface area is 125 Å². The summed E-state index contributed by atoms with van der Waals surface area (Å²) in [5, 5.41) is 5.79. The van der Waals surface area contributed by atoms with E-state index in [1.54, 1.807) is 7.11 Å². The van der Waals surface area contributed by atoms with E-state index < -0.39 is 0 Å². The molecule has 3 heteroatoms. The molecule has 1 N–H and O–H groups in total.